The summed E-state index contributed by atoms with van der Waals surface area (Å²) in [5, 5.41) is 0. The van der Waals surface area contributed by atoms with E-state index in [4.69, 9.17) is 4.74 Å². The predicted molar refractivity (Wildman–Crippen MR) is 81.2 cm³/mol. The van der Waals surface area contributed by atoms with Crippen molar-refractivity contribution in [1.29, 1.82) is 0 Å². The number of pyridine rings is 1. The molecule has 2 aromatic rings. The average molecular weight is 287 g/mol. The van der Waals surface area contributed by atoms with E-state index < -0.39 is 0 Å². The van der Waals surface area contributed by atoms with Crippen LogP contribution in [0.15, 0.2) is 29.5 Å². The van der Waals surface area contributed by atoms with Crippen LogP contribution in [0.5, 0.6) is 0 Å². The Morgan fingerprint density at radius 3 is 3.00 bits per heavy atom. The van der Waals surface area contributed by atoms with E-state index in [2.05, 4.69) is 9.55 Å². The Morgan fingerprint density at radius 1 is 1.43 bits per heavy atom. The molecule has 1 unspecified atom stereocenters. The fraction of sp³-hybridized carbons (Fsp3) is 0.500. The van der Waals surface area contributed by atoms with Crippen molar-refractivity contribution in [1.82, 2.24) is 14.1 Å². The van der Waals surface area contributed by atoms with Gasteiger partial charge >= 0.3 is 0 Å². The van der Waals surface area contributed by atoms with Crippen molar-refractivity contribution in [2.75, 3.05) is 6.61 Å². The fourth-order valence-electron chi connectivity index (χ4n) is 2.89. The lowest BCUT2D eigenvalue weighted by Crippen LogP contribution is -2.24. The number of nitrogens with zero attached hydrogens (tertiary/aromatic N) is 3. The van der Waals surface area contributed by atoms with Crippen LogP contribution in [-0.2, 0) is 18.3 Å². The summed E-state index contributed by atoms with van der Waals surface area (Å²) in [5.74, 6) is 0.892. The molecule has 0 bridgehead atoms. The Labute approximate surface area is 124 Å². The van der Waals surface area contributed by atoms with Crippen molar-refractivity contribution in [3.63, 3.8) is 0 Å². The molecular weight excluding hydrogens is 266 g/mol. The minimum atomic E-state index is 0.0347. The van der Waals surface area contributed by atoms with E-state index in [0.717, 1.165) is 42.9 Å². The zero-order valence-corrected chi connectivity index (χ0v) is 12.6. The van der Waals surface area contributed by atoms with Crippen molar-refractivity contribution in [3.8, 4) is 11.4 Å². The zero-order chi connectivity index (χ0) is 14.8. The molecule has 3 heterocycles. The van der Waals surface area contributed by atoms with Crippen LogP contribution >= 0.6 is 0 Å². The number of aromatic nitrogens is 3. The lowest BCUT2D eigenvalue weighted by atomic mass is 10.1. The van der Waals surface area contributed by atoms with Gasteiger partial charge in [0, 0.05) is 43.4 Å². The topological polar surface area (TPSA) is 49.0 Å². The quantitative estimate of drug-likeness (QED) is 0.869. The van der Waals surface area contributed by atoms with Crippen LogP contribution in [0.3, 0.4) is 0 Å². The summed E-state index contributed by atoms with van der Waals surface area (Å²) in [6, 6.07) is 1.91. The maximum absolute atomic E-state index is 11.8. The molecule has 2 aromatic heterocycles. The van der Waals surface area contributed by atoms with E-state index in [1.807, 2.05) is 25.4 Å². The lowest BCUT2D eigenvalue weighted by molar-refractivity contribution is 0.00624. The summed E-state index contributed by atoms with van der Waals surface area (Å²) < 4.78 is 9.54. The summed E-state index contributed by atoms with van der Waals surface area (Å²) in [5.41, 5.74) is 1.74. The molecule has 112 valence electrons. The second kappa shape index (κ2) is 5.85. The van der Waals surface area contributed by atoms with Crippen LogP contribution in [0.1, 0.15) is 24.8 Å². The van der Waals surface area contributed by atoms with Gasteiger partial charge in [0.25, 0.3) is 5.56 Å². The summed E-state index contributed by atoms with van der Waals surface area (Å²) in [4.78, 5) is 16.3. The highest BCUT2D eigenvalue weighted by atomic mass is 16.5. The van der Waals surface area contributed by atoms with Gasteiger partial charge in [-0.05, 0) is 32.3 Å². The number of imidazole rings is 1. The van der Waals surface area contributed by atoms with Gasteiger partial charge in [0.15, 0.2) is 0 Å². The van der Waals surface area contributed by atoms with Crippen LogP contribution in [0.4, 0.5) is 0 Å². The van der Waals surface area contributed by atoms with Gasteiger partial charge in [0.2, 0.25) is 0 Å². The van der Waals surface area contributed by atoms with E-state index >= 15 is 0 Å². The number of ether oxygens (including phenoxy) is 1. The molecule has 3 rings (SSSR count). The Morgan fingerprint density at radius 2 is 2.29 bits per heavy atom. The summed E-state index contributed by atoms with van der Waals surface area (Å²) in [7, 11) is 1.77. The number of rotatable bonds is 3. The first-order valence-electron chi connectivity index (χ1n) is 7.45. The molecule has 1 atom stereocenters. The first kappa shape index (κ1) is 14.1. The minimum absolute atomic E-state index is 0.0347. The molecular formula is C16H21N3O2. The molecule has 1 saturated heterocycles. The molecule has 1 fully saturated rings. The molecule has 5 heteroatoms. The Kier molecular flexibility index (Phi) is 3.92. The predicted octanol–water partition coefficient (Wildman–Crippen LogP) is 2.13. The molecule has 0 radical (unpaired) electrons. The molecule has 5 nitrogen and oxygen atoms in total. The molecule has 21 heavy (non-hydrogen) atoms. The Balaban J connectivity index is 1.89. The maximum atomic E-state index is 11.8. The zero-order valence-electron chi connectivity index (χ0n) is 12.6. The smallest absolute Gasteiger partial charge is 0.253 e. The van der Waals surface area contributed by atoms with Gasteiger partial charge in [-0.1, -0.05) is 0 Å². The fourth-order valence-corrected chi connectivity index (χ4v) is 2.89. The molecule has 0 saturated carbocycles. The van der Waals surface area contributed by atoms with Gasteiger partial charge < -0.3 is 13.9 Å². The van der Waals surface area contributed by atoms with Crippen LogP contribution in [-0.4, -0.2) is 26.8 Å². The van der Waals surface area contributed by atoms with Crippen LogP contribution in [0, 0.1) is 6.92 Å². The highest BCUT2D eigenvalue weighted by Crippen LogP contribution is 2.20. The molecule has 0 amide bonds. The van der Waals surface area contributed by atoms with Crippen molar-refractivity contribution in [2.45, 2.75) is 38.8 Å². The highest BCUT2D eigenvalue weighted by Gasteiger charge is 2.17. The van der Waals surface area contributed by atoms with E-state index in [-0.39, 0.29) is 11.7 Å². The number of hydrogen-bond acceptors (Lipinski definition) is 3. The third kappa shape index (κ3) is 2.93. The van der Waals surface area contributed by atoms with Crippen LogP contribution < -0.4 is 5.56 Å². The van der Waals surface area contributed by atoms with Crippen molar-refractivity contribution in [3.05, 3.63) is 40.6 Å². The van der Waals surface area contributed by atoms with Gasteiger partial charge in [-0.2, -0.15) is 0 Å². The first-order chi connectivity index (χ1) is 10.1. The molecule has 0 N–H and O–H groups in total. The lowest BCUT2D eigenvalue weighted by Gasteiger charge is -2.23. The normalized spacial score (nSPS) is 18.9. The van der Waals surface area contributed by atoms with Crippen molar-refractivity contribution in [2.24, 2.45) is 7.05 Å². The second-order valence-electron chi connectivity index (χ2n) is 5.72. The highest BCUT2D eigenvalue weighted by molar-refractivity contribution is 5.55. The van der Waals surface area contributed by atoms with Crippen molar-refractivity contribution >= 4 is 0 Å². The molecule has 1 aliphatic rings. The molecule has 1 aliphatic heterocycles. The van der Waals surface area contributed by atoms with E-state index in [0.29, 0.717) is 0 Å². The minimum Gasteiger partial charge on any atom is -0.376 e. The Hall–Kier alpha value is -1.88. The van der Waals surface area contributed by atoms with Crippen LogP contribution in [0.25, 0.3) is 11.4 Å². The standard InChI is InChI=1S/C16H21N3O2/c1-12-9-13(10-18(2)16(12)20)15-17-6-7-19(15)11-14-5-3-4-8-21-14/h6-7,9-10,14H,3-5,8,11H2,1-2H3. The van der Waals surface area contributed by atoms with E-state index in [1.165, 1.54) is 6.42 Å². The first-order valence-corrected chi connectivity index (χ1v) is 7.45. The second-order valence-corrected chi connectivity index (χ2v) is 5.72. The van der Waals surface area contributed by atoms with Gasteiger partial charge in [0.1, 0.15) is 5.82 Å². The SMILES string of the molecule is Cc1cc(-c2nccn2CC2CCCCO2)cn(C)c1=O. The Bertz CT molecular complexity index is 655. The van der Waals surface area contributed by atoms with Crippen LogP contribution in [0.2, 0.25) is 0 Å². The van der Waals surface area contributed by atoms with E-state index in [1.54, 1.807) is 17.8 Å². The molecule has 0 aliphatic carbocycles. The van der Waals surface area contributed by atoms with Gasteiger partial charge in [0.05, 0.1) is 12.6 Å². The van der Waals surface area contributed by atoms with Gasteiger partial charge in [-0.25, -0.2) is 4.98 Å². The number of hydrogen-bond donors (Lipinski definition) is 0. The summed E-state index contributed by atoms with van der Waals surface area (Å²) >= 11 is 0. The molecule has 0 aromatic carbocycles. The third-order valence-electron chi connectivity index (χ3n) is 4.01. The monoisotopic (exact) mass is 287 g/mol. The summed E-state index contributed by atoms with van der Waals surface area (Å²) in [6.07, 6.45) is 9.38. The number of aryl methyl sites for hydroxylation is 2. The summed E-state index contributed by atoms with van der Waals surface area (Å²) in [6.45, 7) is 3.51. The molecule has 0 spiro atoms. The van der Waals surface area contributed by atoms with E-state index in [9.17, 15) is 4.79 Å². The largest absolute Gasteiger partial charge is 0.376 e. The average Bonchev–Trinajstić information content (AvgIpc) is 2.93. The maximum Gasteiger partial charge on any atom is 0.253 e. The van der Waals surface area contributed by atoms with Gasteiger partial charge in [-0.3, -0.25) is 4.79 Å². The third-order valence-corrected chi connectivity index (χ3v) is 4.01. The van der Waals surface area contributed by atoms with Gasteiger partial charge in [-0.15, -0.1) is 0 Å². The van der Waals surface area contributed by atoms with Crippen molar-refractivity contribution < 1.29 is 4.74 Å².